The van der Waals surface area contributed by atoms with E-state index in [-0.39, 0.29) is 16.6 Å². The van der Waals surface area contributed by atoms with Crippen LogP contribution in [0.2, 0.25) is 0 Å². The molecular weight excluding hydrogens is 374 g/mol. The number of hydrogen-bond donors (Lipinski definition) is 1. The predicted molar refractivity (Wildman–Crippen MR) is 109 cm³/mol. The maximum Gasteiger partial charge on any atom is 0.258 e. The van der Waals surface area contributed by atoms with E-state index in [0.29, 0.717) is 17.6 Å². The average Bonchev–Trinajstić information content (AvgIpc) is 3.35. The summed E-state index contributed by atoms with van der Waals surface area (Å²) in [5, 5.41) is 2.91. The fraction of sp³-hybridized carbons (Fsp3) is 0.333. The van der Waals surface area contributed by atoms with Crippen molar-refractivity contribution in [2.75, 3.05) is 11.1 Å². The summed E-state index contributed by atoms with van der Waals surface area (Å²) in [5.74, 6) is 0.153. The van der Waals surface area contributed by atoms with E-state index in [1.54, 1.807) is 19.1 Å². The van der Waals surface area contributed by atoms with Gasteiger partial charge >= 0.3 is 0 Å². The number of imidazole rings is 1. The van der Waals surface area contributed by atoms with E-state index in [1.165, 1.54) is 25.0 Å². The fourth-order valence-corrected chi connectivity index (χ4v) is 4.76. The van der Waals surface area contributed by atoms with Crippen molar-refractivity contribution in [2.45, 2.75) is 43.5 Å². The number of nitrogens with one attached hydrogen (secondary N) is 1. The lowest BCUT2D eigenvalue weighted by atomic mass is 10.2. The molecule has 0 unspecified atom stereocenters. The maximum absolute atomic E-state index is 12.9. The van der Waals surface area contributed by atoms with Gasteiger partial charge in [-0.3, -0.25) is 10.1 Å². The summed E-state index contributed by atoms with van der Waals surface area (Å²) in [6.07, 6.45) is 4.46. The monoisotopic (exact) mass is 397 g/mol. The molecule has 0 radical (unpaired) electrons. The van der Waals surface area contributed by atoms with E-state index >= 15 is 0 Å². The smallest absolute Gasteiger partial charge is 0.258 e. The van der Waals surface area contributed by atoms with Crippen molar-refractivity contribution >= 4 is 32.7 Å². The lowest BCUT2D eigenvalue weighted by Crippen LogP contribution is -2.18. The molecule has 28 heavy (non-hydrogen) atoms. The van der Waals surface area contributed by atoms with Crippen molar-refractivity contribution in [3.05, 3.63) is 54.1 Å². The number of hydrogen-bond acceptors (Lipinski definition) is 4. The summed E-state index contributed by atoms with van der Waals surface area (Å²) in [5.41, 5.74) is 2.15. The molecule has 0 aliphatic heterocycles. The first-order chi connectivity index (χ1) is 13.5. The van der Waals surface area contributed by atoms with E-state index < -0.39 is 9.84 Å². The Morgan fingerprint density at radius 3 is 2.64 bits per heavy atom. The first-order valence-corrected chi connectivity index (χ1v) is 11.3. The van der Waals surface area contributed by atoms with Crippen molar-refractivity contribution in [2.24, 2.45) is 0 Å². The van der Waals surface area contributed by atoms with Gasteiger partial charge in [0.05, 0.1) is 21.7 Å². The highest BCUT2D eigenvalue weighted by Gasteiger charge is 2.24. The van der Waals surface area contributed by atoms with Crippen molar-refractivity contribution < 1.29 is 13.2 Å². The van der Waals surface area contributed by atoms with Crippen molar-refractivity contribution in [1.82, 2.24) is 9.55 Å². The third-order valence-corrected chi connectivity index (χ3v) is 7.08. The van der Waals surface area contributed by atoms with Crippen LogP contribution in [-0.2, 0) is 9.84 Å². The fourth-order valence-electron chi connectivity index (χ4n) is 3.84. The predicted octanol–water partition coefficient (Wildman–Crippen LogP) is 4.20. The Morgan fingerprint density at radius 1 is 1.14 bits per heavy atom. The summed E-state index contributed by atoms with van der Waals surface area (Å²) < 4.78 is 26.4. The van der Waals surface area contributed by atoms with E-state index in [9.17, 15) is 13.2 Å². The molecule has 1 N–H and O–H groups in total. The number of carbonyl (C=O) groups is 1. The highest BCUT2D eigenvalue weighted by molar-refractivity contribution is 7.91. The number of anilines is 1. The minimum Gasteiger partial charge on any atom is -0.307 e. The summed E-state index contributed by atoms with van der Waals surface area (Å²) in [6, 6.07) is 14.3. The van der Waals surface area contributed by atoms with Crippen LogP contribution in [0.3, 0.4) is 0 Å². The number of sulfone groups is 1. The lowest BCUT2D eigenvalue weighted by molar-refractivity contribution is 0.102. The third kappa shape index (κ3) is 3.42. The molecule has 4 rings (SSSR count). The van der Waals surface area contributed by atoms with Gasteiger partial charge < -0.3 is 4.57 Å². The quantitative estimate of drug-likeness (QED) is 0.700. The van der Waals surface area contributed by atoms with Crippen LogP contribution in [0.1, 0.15) is 49.0 Å². The van der Waals surface area contributed by atoms with E-state index in [2.05, 4.69) is 14.9 Å². The maximum atomic E-state index is 12.9. The van der Waals surface area contributed by atoms with Gasteiger partial charge in [0.2, 0.25) is 5.95 Å². The zero-order valence-corrected chi connectivity index (χ0v) is 16.6. The molecular formula is C21H23N3O3S. The molecule has 7 heteroatoms. The van der Waals surface area contributed by atoms with Gasteiger partial charge in [0.15, 0.2) is 9.84 Å². The van der Waals surface area contributed by atoms with Gasteiger partial charge in [-0.2, -0.15) is 0 Å². The van der Waals surface area contributed by atoms with Gasteiger partial charge in [-0.1, -0.05) is 38.0 Å². The largest absolute Gasteiger partial charge is 0.307 e. The van der Waals surface area contributed by atoms with E-state index in [0.717, 1.165) is 23.9 Å². The Labute approximate surface area is 164 Å². The van der Waals surface area contributed by atoms with Crippen LogP contribution < -0.4 is 5.32 Å². The second kappa shape index (κ2) is 7.39. The normalized spacial score (nSPS) is 15.2. The topological polar surface area (TPSA) is 81.1 Å². The van der Waals surface area contributed by atoms with E-state index in [1.807, 2.05) is 24.3 Å². The molecule has 1 amide bonds. The highest BCUT2D eigenvalue weighted by Crippen LogP contribution is 2.35. The van der Waals surface area contributed by atoms with Crippen LogP contribution in [0, 0.1) is 0 Å². The number of para-hydroxylation sites is 2. The second-order valence-corrected chi connectivity index (χ2v) is 9.40. The van der Waals surface area contributed by atoms with Crippen LogP contribution in [0.25, 0.3) is 11.0 Å². The van der Waals surface area contributed by atoms with E-state index in [4.69, 9.17) is 0 Å². The van der Waals surface area contributed by atoms with Crippen molar-refractivity contribution in [1.29, 1.82) is 0 Å². The van der Waals surface area contributed by atoms with Crippen molar-refractivity contribution in [3.63, 3.8) is 0 Å². The average molecular weight is 398 g/mol. The molecule has 0 saturated heterocycles. The van der Waals surface area contributed by atoms with Crippen LogP contribution in [0.15, 0.2) is 53.4 Å². The summed E-state index contributed by atoms with van der Waals surface area (Å²) in [6.45, 7) is 1.59. The second-order valence-electron chi connectivity index (χ2n) is 7.12. The SMILES string of the molecule is CCS(=O)(=O)c1cccc(C(=O)Nc2nc3ccccc3n2C2CCCC2)c1. The molecule has 0 spiro atoms. The number of nitrogens with zero attached hydrogens (tertiary/aromatic N) is 2. The van der Waals surface area contributed by atoms with Crippen LogP contribution in [0.4, 0.5) is 5.95 Å². The van der Waals surface area contributed by atoms with Crippen LogP contribution in [0.5, 0.6) is 0 Å². The van der Waals surface area contributed by atoms with Gasteiger partial charge in [0.1, 0.15) is 0 Å². The molecule has 1 saturated carbocycles. The Morgan fingerprint density at radius 2 is 1.89 bits per heavy atom. The molecule has 0 atom stereocenters. The minimum atomic E-state index is -3.37. The Kier molecular flexibility index (Phi) is 4.93. The zero-order chi connectivity index (χ0) is 19.7. The van der Waals surface area contributed by atoms with Crippen LogP contribution in [-0.4, -0.2) is 29.6 Å². The molecule has 3 aromatic rings. The summed E-state index contributed by atoms with van der Waals surface area (Å²) in [7, 11) is -3.37. The molecule has 0 bridgehead atoms. The number of benzene rings is 2. The molecule has 1 aromatic heterocycles. The molecule has 2 aromatic carbocycles. The lowest BCUT2D eigenvalue weighted by Gasteiger charge is -2.16. The molecule has 1 aliphatic carbocycles. The zero-order valence-electron chi connectivity index (χ0n) is 15.8. The van der Waals surface area contributed by atoms with Gasteiger partial charge in [-0.25, -0.2) is 13.4 Å². The Hall–Kier alpha value is -2.67. The van der Waals surface area contributed by atoms with Gasteiger partial charge in [0.25, 0.3) is 5.91 Å². The molecule has 1 fully saturated rings. The Bertz CT molecular complexity index is 1130. The number of rotatable bonds is 5. The highest BCUT2D eigenvalue weighted by atomic mass is 32.2. The summed E-state index contributed by atoms with van der Waals surface area (Å²) in [4.78, 5) is 17.6. The minimum absolute atomic E-state index is 0.00442. The molecule has 1 aliphatic rings. The Balaban J connectivity index is 1.70. The van der Waals surface area contributed by atoms with Crippen LogP contribution >= 0.6 is 0 Å². The molecule has 6 nitrogen and oxygen atoms in total. The van der Waals surface area contributed by atoms with Crippen molar-refractivity contribution in [3.8, 4) is 0 Å². The summed E-state index contributed by atoms with van der Waals surface area (Å²) >= 11 is 0. The number of aromatic nitrogens is 2. The van der Waals surface area contributed by atoms with Gasteiger partial charge in [-0.05, 0) is 43.2 Å². The first kappa shape index (κ1) is 18.7. The van der Waals surface area contributed by atoms with Gasteiger partial charge in [-0.15, -0.1) is 0 Å². The van der Waals surface area contributed by atoms with Gasteiger partial charge in [0, 0.05) is 11.6 Å². The number of fused-ring (bicyclic) bond motifs is 1. The molecule has 146 valence electrons. The number of carbonyl (C=O) groups excluding carboxylic acids is 1. The molecule has 1 heterocycles. The first-order valence-electron chi connectivity index (χ1n) is 9.61. The standard InChI is InChI=1S/C21H23N3O3S/c1-2-28(26,27)17-11-7-8-15(14-17)20(25)23-21-22-18-12-5-6-13-19(18)24(21)16-9-3-4-10-16/h5-8,11-14,16H,2-4,9-10H2,1H3,(H,22,23,25). The third-order valence-electron chi connectivity index (χ3n) is 5.35. The number of amides is 1.